The standard InChI is InChI=1S/C32H69P/c1-9-17-21-29(13-5)25-33(26-30(14-6)22-18-10-2,27-31(15-7)23-19-11-3)28-32(16-8)24-20-12-4/h29-33H,9-28H2,1-8H3. The van der Waals surface area contributed by atoms with Gasteiger partial charge in [0.05, 0.1) is 0 Å². The summed E-state index contributed by atoms with van der Waals surface area (Å²) in [5, 5.41) is 0. The summed E-state index contributed by atoms with van der Waals surface area (Å²) in [5.41, 5.74) is 0. The van der Waals surface area contributed by atoms with E-state index in [1.54, 1.807) is 24.6 Å². The van der Waals surface area contributed by atoms with E-state index in [0.29, 0.717) is 0 Å². The Morgan fingerprint density at radius 3 is 0.727 bits per heavy atom. The van der Waals surface area contributed by atoms with Crippen LogP contribution in [0.2, 0.25) is 0 Å². The molecule has 0 aromatic rings. The average Bonchev–Trinajstić information content (AvgIpc) is 2.84. The minimum atomic E-state index is -1.33. The quantitative estimate of drug-likeness (QED) is 0.119. The summed E-state index contributed by atoms with van der Waals surface area (Å²) in [7, 11) is -1.33. The van der Waals surface area contributed by atoms with Gasteiger partial charge in [0.15, 0.2) is 0 Å². The summed E-state index contributed by atoms with van der Waals surface area (Å²) in [4.78, 5) is 0. The van der Waals surface area contributed by atoms with Gasteiger partial charge in [-0.05, 0) is 0 Å². The molecule has 0 aliphatic rings. The van der Waals surface area contributed by atoms with E-state index in [0.717, 1.165) is 23.7 Å². The fraction of sp³-hybridized carbons (Fsp3) is 1.00. The predicted octanol–water partition coefficient (Wildman–Crippen LogP) is 11.6. The predicted molar refractivity (Wildman–Crippen MR) is 161 cm³/mol. The van der Waals surface area contributed by atoms with Crippen molar-refractivity contribution in [1.29, 1.82) is 0 Å². The molecule has 33 heavy (non-hydrogen) atoms. The van der Waals surface area contributed by atoms with E-state index >= 15 is 0 Å². The molecule has 0 aromatic heterocycles. The van der Waals surface area contributed by atoms with Gasteiger partial charge in [-0.25, -0.2) is 0 Å². The van der Waals surface area contributed by atoms with Gasteiger partial charge in [0.2, 0.25) is 0 Å². The Labute approximate surface area is 213 Å². The van der Waals surface area contributed by atoms with Crippen molar-refractivity contribution in [2.75, 3.05) is 24.6 Å². The van der Waals surface area contributed by atoms with Crippen LogP contribution in [0.15, 0.2) is 0 Å². The first-order valence-electron chi connectivity index (χ1n) is 16.0. The monoisotopic (exact) mass is 485 g/mol. The number of hydrogen-bond acceptors (Lipinski definition) is 0. The first kappa shape index (κ1) is 33.4. The third-order valence-corrected chi connectivity index (χ3v) is 14.8. The molecule has 4 atom stereocenters. The van der Waals surface area contributed by atoms with Crippen molar-refractivity contribution in [2.24, 2.45) is 23.7 Å². The second-order valence-corrected chi connectivity index (χ2v) is 16.6. The third-order valence-electron chi connectivity index (χ3n) is 9.06. The average molecular weight is 485 g/mol. The van der Waals surface area contributed by atoms with Gasteiger partial charge in [0, 0.05) is 0 Å². The fourth-order valence-corrected chi connectivity index (χ4v) is 14.6. The molecular weight excluding hydrogens is 415 g/mol. The van der Waals surface area contributed by atoms with Gasteiger partial charge in [-0.1, -0.05) is 0 Å². The molecule has 0 heterocycles. The zero-order valence-electron chi connectivity index (χ0n) is 25.0. The SMILES string of the molecule is CCCCC(CC)C[PH](CC(CC)CCCC)(CC(CC)CCCC)CC(CC)CCCC. The first-order valence-corrected chi connectivity index (χ1v) is 18.8. The number of unbranched alkanes of at least 4 members (excludes halogenated alkanes) is 4. The molecule has 202 valence electrons. The molecule has 0 fully saturated rings. The van der Waals surface area contributed by atoms with Crippen LogP contribution < -0.4 is 0 Å². The molecule has 0 saturated heterocycles. The maximum absolute atomic E-state index is 2.51. The van der Waals surface area contributed by atoms with E-state index in [2.05, 4.69) is 55.4 Å². The van der Waals surface area contributed by atoms with E-state index in [-0.39, 0.29) is 0 Å². The molecule has 0 radical (unpaired) electrons. The van der Waals surface area contributed by atoms with Gasteiger partial charge in [-0.2, -0.15) is 0 Å². The molecule has 0 rings (SSSR count). The van der Waals surface area contributed by atoms with Crippen molar-refractivity contribution in [3.05, 3.63) is 0 Å². The summed E-state index contributed by atoms with van der Waals surface area (Å²) in [6, 6.07) is 0. The van der Waals surface area contributed by atoms with E-state index in [1.807, 2.05) is 0 Å². The van der Waals surface area contributed by atoms with E-state index in [9.17, 15) is 0 Å². The van der Waals surface area contributed by atoms with Crippen LogP contribution >= 0.6 is 7.26 Å². The van der Waals surface area contributed by atoms with E-state index in [4.69, 9.17) is 0 Å². The Morgan fingerprint density at radius 2 is 0.576 bits per heavy atom. The second kappa shape index (κ2) is 21.7. The molecule has 0 N–H and O–H groups in total. The fourth-order valence-electron chi connectivity index (χ4n) is 6.72. The molecule has 0 saturated carbocycles. The molecular formula is C32H69P. The van der Waals surface area contributed by atoms with Gasteiger partial charge >= 0.3 is 214 Å². The van der Waals surface area contributed by atoms with Crippen molar-refractivity contribution in [1.82, 2.24) is 0 Å². The zero-order valence-corrected chi connectivity index (χ0v) is 26.0. The van der Waals surface area contributed by atoms with Crippen LogP contribution in [0.3, 0.4) is 0 Å². The molecule has 1 heteroatoms. The maximum atomic E-state index is 2.51. The molecule has 0 nitrogen and oxygen atoms in total. The van der Waals surface area contributed by atoms with Crippen molar-refractivity contribution in [3.8, 4) is 0 Å². The Morgan fingerprint density at radius 1 is 0.364 bits per heavy atom. The van der Waals surface area contributed by atoms with Gasteiger partial charge in [0.1, 0.15) is 0 Å². The molecule has 4 unspecified atom stereocenters. The molecule has 0 bridgehead atoms. The molecule has 0 aromatic carbocycles. The molecule has 0 aliphatic heterocycles. The van der Waals surface area contributed by atoms with Gasteiger partial charge in [-0.3, -0.25) is 0 Å². The Balaban J connectivity index is 6.06. The number of rotatable bonds is 24. The Hall–Kier alpha value is 0.430. The van der Waals surface area contributed by atoms with Crippen LogP contribution in [0.4, 0.5) is 0 Å². The third kappa shape index (κ3) is 15.2. The van der Waals surface area contributed by atoms with Gasteiger partial charge in [-0.15, -0.1) is 0 Å². The normalized spacial score (nSPS) is 16.5. The second-order valence-electron chi connectivity index (χ2n) is 12.0. The van der Waals surface area contributed by atoms with Crippen LogP contribution in [-0.2, 0) is 0 Å². The summed E-state index contributed by atoms with van der Waals surface area (Å²) in [5.74, 6) is 4.03. The van der Waals surface area contributed by atoms with Gasteiger partial charge < -0.3 is 0 Å². The van der Waals surface area contributed by atoms with Crippen LogP contribution in [0, 0.1) is 23.7 Å². The minimum absolute atomic E-state index is 1.01. The van der Waals surface area contributed by atoms with Crippen LogP contribution in [0.1, 0.15) is 158 Å². The van der Waals surface area contributed by atoms with Crippen LogP contribution in [-0.4, -0.2) is 24.6 Å². The first-order chi connectivity index (χ1) is 16.0. The summed E-state index contributed by atoms with van der Waals surface area (Å²) < 4.78 is 0. The van der Waals surface area contributed by atoms with Crippen molar-refractivity contribution in [3.63, 3.8) is 0 Å². The topological polar surface area (TPSA) is 0 Å². The van der Waals surface area contributed by atoms with Crippen molar-refractivity contribution >= 4 is 7.26 Å². The van der Waals surface area contributed by atoms with E-state index < -0.39 is 7.26 Å². The molecule has 0 aliphatic carbocycles. The molecule has 0 spiro atoms. The van der Waals surface area contributed by atoms with Crippen LogP contribution in [0.25, 0.3) is 0 Å². The van der Waals surface area contributed by atoms with Gasteiger partial charge in [0.25, 0.3) is 0 Å². The summed E-state index contributed by atoms with van der Waals surface area (Å²) in [6.07, 6.45) is 29.7. The number of hydrogen-bond donors (Lipinski definition) is 0. The van der Waals surface area contributed by atoms with Crippen molar-refractivity contribution < 1.29 is 0 Å². The van der Waals surface area contributed by atoms with Crippen LogP contribution in [0.5, 0.6) is 0 Å². The van der Waals surface area contributed by atoms with Crippen molar-refractivity contribution in [2.45, 2.75) is 158 Å². The Kier molecular flexibility index (Phi) is 22.0. The Bertz CT molecular complexity index is 326. The molecule has 0 amide bonds. The summed E-state index contributed by atoms with van der Waals surface area (Å²) in [6.45, 7) is 19.6. The van der Waals surface area contributed by atoms with E-state index in [1.165, 1.54) is 103 Å². The zero-order chi connectivity index (χ0) is 25.0. The summed E-state index contributed by atoms with van der Waals surface area (Å²) >= 11 is 0.